The van der Waals surface area contributed by atoms with Crippen LogP contribution in [0.2, 0.25) is 5.02 Å². The number of allylic oxidation sites excluding steroid dienone is 4. The fraction of sp³-hybridized carbons (Fsp3) is 0.429. The maximum atomic E-state index is 9.83. The van der Waals surface area contributed by atoms with Crippen molar-refractivity contribution in [2.24, 2.45) is 0 Å². The molecule has 0 radical (unpaired) electrons. The molecular formula is C49H64ClN3O2. The Morgan fingerprint density at radius 1 is 0.927 bits per heavy atom. The Morgan fingerprint density at radius 3 is 2.36 bits per heavy atom. The molecule has 0 aromatic heterocycles. The van der Waals surface area contributed by atoms with Gasteiger partial charge in [0.15, 0.2) is 0 Å². The summed E-state index contributed by atoms with van der Waals surface area (Å²) in [4.78, 5) is 2.50. The standard InChI is InChI=1S/C49H64ClN3O2/c1-7-38-22-23-41-32-49(48(50)31-43(41)33-52-44(9-3)19-10-12-26-51-37(6)39(8-2)30-38)55-34-42-18-15-21-47(36(42)5)46-20-14-17-40(35(46)4)16-11-13-27-53-28-24-45(54)25-29-53/h7-9,14-15,17-18,20-21,30-32,44-45,51-52,54H,1,3,6,10-13,16,19,22-29,33-34H2,2,4-5H3/b38-30+,39-8+. The summed E-state index contributed by atoms with van der Waals surface area (Å²) in [5, 5.41) is 17.7. The summed E-state index contributed by atoms with van der Waals surface area (Å²) < 4.78 is 6.57. The van der Waals surface area contributed by atoms with Crippen LogP contribution in [0.3, 0.4) is 0 Å². The number of hydrogen-bond acceptors (Lipinski definition) is 5. The van der Waals surface area contributed by atoms with Crippen molar-refractivity contribution in [1.29, 1.82) is 0 Å². The van der Waals surface area contributed by atoms with Crippen LogP contribution in [0, 0.1) is 13.8 Å². The van der Waals surface area contributed by atoms with Gasteiger partial charge in [0, 0.05) is 37.9 Å². The average Bonchev–Trinajstić information content (AvgIpc) is 3.19. The molecular weight excluding hydrogens is 698 g/mol. The van der Waals surface area contributed by atoms with Crippen LogP contribution in [0.25, 0.3) is 11.1 Å². The van der Waals surface area contributed by atoms with E-state index in [0.717, 1.165) is 106 Å². The van der Waals surface area contributed by atoms with E-state index in [4.69, 9.17) is 16.3 Å². The highest BCUT2D eigenvalue weighted by Gasteiger charge is 2.18. The van der Waals surface area contributed by atoms with Gasteiger partial charge in [-0.15, -0.1) is 6.58 Å². The second-order valence-electron chi connectivity index (χ2n) is 15.3. The number of aliphatic hydroxyl groups excluding tert-OH is 1. The molecule has 1 fully saturated rings. The number of fused-ring (bicyclic) bond motifs is 1. The molecule has 5 nitrogen and oxygen atoms in total. The van der Waals surface area contributed by atoms with Crippen LogP contribution in [0.5, 0.6) is 5.75 Å². The van der Waals surface area contributed by atoms with Gasteiger partial charge in [0.25, 0.3) is 0 Å². The van der Waals surface area contributed by atoms with Crippen LogP contribution in [-0.2, 0) is 26.0 Å². The van der Waals surface area contributed by atoms with E-state index in [-0.39, 0.29) is 12.1 Å². The van der Waals surface area contributed by atoms with E-state index in [1.807, 2.05) is 12.2 Å². The predicted octanol–water partition coefficient (Wildman–Crippen LogP) is 10.9. The third-order valence-corrected chi connectivity index (χ3v) is 11.9. The number of rotatable bonds is 11. The number of aryl methyl sites for hydroxylation is 2. The van der Waals surface area contributed by atoms with Crippen molar-refractivity contribution in [3.05, 3.63) is 148 Å². The molecule has 6 heteroatoms. The second kappa shape index (κ2) is 21.4. The normalized spacial score (nSPS) is 19.9. The highest BCUT2D eigenvalue weighted by Crippen LogP contribution is 2.34. The first-order valence-electron chi connectivity index (χ1n) is 20.5. The molecule has 294 valence electrons. The number of aliphatic hydroxyl groups is 1. The first kappa shape index (κ1) is 42.3. The minimum absolute atomic E-state index is 0.112. The van der Waals surface area contributed by atoms with Crippen molar-refractivity contribution in [1.82, 2.24) is 15.5 Å². The number of hydrogen-bond donors (Lipinski definition) is 3. The fourth-order valence-electron chi connectivity index (χ4n) is 7.90. The highest BCUT2D eigenvalue weighted by atomic mass is 35.5. The quantitative estimate of drug-likeness (QED) is 0.134. The van der Waals surface area contributed by atoms with E-state index in [1.54, 1.807) is 0 Å². The van der Waals surface area contributed by atoms with Crippen molar-refractivity contribution >= 4 is 11.6 Å². The summed E-state index contributed by atoms with van der Waals surface area (Å²) in [6, 6.07) is 17.7. The van der Waals surface area contributed by atoms with E-state index in [1.165, 1.54) is 45.4 Å². The summed E-state index contributed by atoms with van der Waals surface area (Å²) in [5.41, 5.74) is 13.3. The molecule has 3 N–H and O–H groups in total. The Hall–Kier alpha value is -3.87. The molecule has 1 unspecified atom stereocenters. The predicted molar refractivity (Wildman–Crippen MR) is 234 cm³/mol. The Kier molecular flexibility index (Phi) is 16.5. The minimum Gasteiger partial charge on any atom is -0.487 e. The van der Waals surface area contributed by atoms with Gasteiger partial charge in [-0.05, 0) is 159 Å². The molecule has 2 aliphatic rings. The summed E-state index contributed by atoms with van der Waals surface area (Å²) in [6.07, 6.45) is 18.2. The van der Waals surface area contributed by atoms with Crippen molar-refractivity contribution in [3.8, 4) is 16.9 Å². The minimum atomic E-state index is -0.112. The van der Waals surface area contributed by atoms with Crippen LogP contribution in [-0.4, -0.2) is 48.3 Å². The lowest BCUT2D eigenvalue weighted by Crippen LogP contribution is -2.36. The van der Waals surface area contributed by atoms with Gasteiger partial charge >= 0.3 is 0 Å². The van der Waals surface area contributed by atoms with Gasteiger partial charge in [-0.25, -0.2) is 0 Å². The number of ether oxygens (including phenoxy) is 1. The molecule has 55 heavy (non-hydrogen) atoms. The van der Waals surface area contributed by atoms with Crippen molar-refractivity contribution in [2.75, 3.05) is 26.2 Å². The summed E-state index contributed by atoms with van der Waals surface area (Å²) in [5.74, 6) is 0.703. The topological polar surface area (TPSA) is 56.8 Å². The Morgan fingerprint density at radius 2 is 1.65 bits per heavy atom. The van der Waals surface area contributed by atoms with Gasteiger partial charge in [0.2, 0.25) is 0 Å². The van der Waals surface area contributed by atoms with E-state index in [2.05, 4.69) is 117 Å². The van der Waals surface area contributed by atoms with Crippen LogP contribution in [0.1, 0.15) is 91.7 Å². The third kappa shape index (κ3) is 12.1. The zero-order valence-corrected chi connectivity index (χ0v) is 34.5. The zero-order chi connectivity index (χ0) is 39.2. The largest absolute Gasteiger partial charge is 0.487 e. The summed E-state index contributed by atoms with van der Waals surface area (Å²) in [7, 11) is 0. The van der Waals surface area contributed by atoms with E-state index >= 15 is 0 Å². The number of piperidine rings is 1. The first-order valence-corrected chi connectivity index (χ1v) is 20.9. The van der Waals surface area contributed by atoms with E-state index in [9.17, 15) is 5.11 Å². The summed E-state index contributed by atoms with van der Waals surface area (Å²) >= 11 is 6.99. The third-order valence-electron chi connectivity index (χ3n) is 11.6. The molecule has 2 aliphatic heterocycles. The molecule has 1 saturated heterocycles. The second-order valence-corrected chi connectivity index (χ2v) is 15.7. The van der Waals surface area contributed by atoms with E-state index in [0.29, 0.717) is 23.9 Å². The van der Waals surface area contributed by atoms with Crippen LogP contribution in [0.4, 0.5) is 0 Å². The lowest BCUT2D eigenvalue weighted by molar-refractivity contribution is 0.0818. The van der Waals surface area contributed by atoms with E-state index < -0.39 is 0 Å². The monoisotopic (exact) mass is 761 g/mol. The Bertz CT molecular complexity index is 1830. The van der Waals surface area contributed by atoms with Gasteiger partial charge in [-0.2, -0.15) is 0 Å². The maximum Gasteiger partial charge on any atom is 0.138 e. The smallest absolute Gasteiger partial charge is 0.138 e. The van der Waals surface area contributed by atoms with Crippen molar-refractivity contribution in [2.45, 2.75) is 110 Å². The molecule has 0 amide bonds. The van der Waals surface area contributed by atoms with Gasteiger partial charge in [-0.3, -0.25) is 0 Å². The molecule has 3 aromatic carbocycles. The molecule has 5 rings (SSSR count). The Balaban J connectivity index is 1.31. The van der Waals surface area contributed by atoms with Gasteiger partial charge in [0.05, 0.1) is 11.1 Å². The number of nitrogens with zero attached hydrogens (tertiary/aromatic N) is 1. The Labute approximate surface area is 336 Å². The van der Waals surface area contributed by atoms with Gasteiger partial charge < -0.3 is 25.4 Å². The lowest BCUT2D eigenvalue weighted by Gasteiger charge is -2.29. The van der Waals surface area contributed by atoms with Crippen LogP contribution in [0.15, 0.2) is 109 Å². The average molecular weight is 763 g/mol. The van der Waals surface area contributed by atoms with Crippen molar-refractivity contribution in [3.63, 3.8) is 0 Å². The number of likely N-dealkylation sites (tertiary alicyclic amines) is 1. The lowest BCUT2D eigenvalue weighted by atomic mass is 9.90. The number of halogens is 1. The molecule has 0 bridgehead atoms. The molecule has 3 aromatic rings. The van der Waals surface area contributed by atoms with Crippen molar-refractivity contribution < 1.29 is 9.84 Å². The fourth-order valence-corrected chi connectivity index (χ4v) is 8.14. The SMILES string of the molecule is C=C/C1=C\C(=C/C)C(=C)NCCCCC(C=C)NCc2cc(Cl)c(OCc3cccc(-c4cccc(CCCCN5CCC(O)CC5)c4C)c3C)cc2CC1. The van der Waals surface area contributed by atoms with Crippen LogP contribution >= 0.6 is 11.6 Å². The first-order chi connectivity index (χ1) is 26.7. The molecule has 0 aliphatic carbocycles. The molecule has 0 spiro atoms. The van der Waals surface area contributed by atoms with Crippen LogP contribution < -0.4 is 15.4 Å². The molecule has 1 atom stereocenters. The number of nitrogens with one attached hydrogen (secondary N) is 2. The number of benzene rings is 3. The summed E-state index contributed by atoms with van der Waals surface area (Å²) in [6.45, 7) is 24.3. The highest BCUT2D eigenvalue weighted by molar-refractivity contribution is 6.32. The maximum absolute atomic E-state index is 9.83. The zero-order valence-electron chi connectivity index (χ0n) is 33.7. The number of unbranched alkanes of at least 4 members (excludes halogenated alkanes) is 1. The molecule has 0 saturated carbocycles. The van der Waals surface area contributed by atoms with Gasteiger partial charge in [0.1, 0.15) is 12.4 Å². The molecule has 2 heterocycles. The van der Waals surface area contributed by atoms with Gasteiger partial charge in [-0.1, -0.05) is 85.5 Å².